The fourth-order valence-electron chi connectivity index (χ4n) is 2.38. The van der Waals surface area contributed by atoms with Gasteiger partial charge in [-0.3, -0.25) is 4.57 Å². The Kier molecular flexibility index (Phi) is 2.79. The van der Waals surface area contributed by atoms with Crippen LogP contribution < -0.4 is 5.69 Å². The Balaban J connectivity index is 2.20. The van der Waals surface area contributed by atoms with E-state index in [9.17, 15) is 9.59 Å². The van der Waals surface area contributed by atoms with Gasteiger partial charge in [-0.25, -0.2) is 19.6 Å². The van der Waals surface area contributed by atoms with Crippen LogP contribution in [0.4, 0.5) is 0 Å². The molecular weight excluding hydrogens is 252 g/mol. The highest BCUT2D eigenvalue weighted by Crippen LogP contribution is 2.23. The predicted octanol–water partition coefficient (Wildman–Crippen LogP) is 0.169. The fourth-order valence-corrected chi connectivity index (χ4v) is 2.38. The molecule has 8 heteroatoms. The maximum atomic E-state index is 12.0. The topological polar surface area (TPSA) is 110 Å². The summed E-state index contributed by atoms with van der Waals surface area (Å²) in [4.78, 5) is 33.3. The number of imidazole rings is 1. The smallest absolute Gasteiger partial charge is 0.356 e. The van der Waals surface area contributed by atoms with E-state index in [0.717, 1.165) is 6.33 Å². The standard InChI is InChI=1S/C11H12N4O4/c16-10(17)8-7-9(13-5-12-8)15(11(18)14-7)6-1-3-19-4-2-6/h5-6H,1-4H2,(H,14,18)(H,16,17). The average molecular weight is 264 g/mol. The molecule has 0 radical (unpaired) electrons. The first-order chi connectivity index (χ1) is 9.18. The molecule has 2 aromatic rings. The first-order valence-corrected chi connectivity index (χ1v) is 5.94. The normalized spacial score (nSPS) is 16.8. The third-order valence-electron chi connectivity index (χ3n) is 3.26. The van der Waals surface area contributed by atoms with Crippen LogP contribution in [0.15, 0.2) is 11.1 Å². The van der Waals surface area contributed by atoms with Crippen molar-refractivity contribution in [2.75, 3.05) is 13.2 Å². The van der Waals surface area contributed by atoms with Crippen molar-refractivity contribution in [2.45, 2.75) is 18.9 Å². The Morgan fingerprint density at radius 2 is 2.16 bits per heavy atom. The number of carboxylic acids is 1. The number of hydrogen-bond donors (Lipinski definition) is 2. The van der Waals surface area contributed by atoms with E-state index >= 15 is 0 Å². The second-order valence-electron chi connectivity index (χ2n) is 4.37. The Morgan fingerprint density at radius 1 is 1.42 bits per heavy atom. The molecule has 8 nitrogen and oxygen atoms in total. The van der Waals surface area contributed by atoms with Crippen LogP contribution in [0.2, 0.25) is 0 Å². The fraction of sp³-hybridized carbons (Fsp3) is 0.455. The third kappa shape index (κ3) is 1.89. The molecule has 2 N–H and O–H groups in total. The van der Waals surface area contributed by atoms with Gasteiger partial charge in [0, 0.05) is 19.3 Å². The number of carbonyl (C=O) groups is 1. The molecule has 1 fully saturated rings. The molecule has 3 rings (SSSR count). The Hall–Kier alpha value is -2.22. The molecule has 0 amide bonds. The lowest BCUT2D eigenvalue weighted by Gasteiger charge is -2.22. The van der Waals surface area contributed by atoms with Crippen LogP contribution >= 0.6 is 0 Å². The Labute approximate surface area is 107 Å². The summed E-state index contributed by atoms with van der Waals surface area (Å²) in [6.07, 6.45) is 2.58. The number of ether oxygens (including phenoxy) is 1. The van der Waals surface area contributed by atoms with E-state index in [1.165, 1.54) is 4.57 Å². The zero-order valence-electron chi connectivity index (χ0n) is 10.00. The molecule has 0 spiro atoms. The van der Waals surface area contributed by atoms with Gasteiger partial charge in [-0.2, -0.15) is 0 Å². The summed E-state index contributed by atoms with van der Waals surface area (Å²) in [5.74, 6) is -1.19. The Bertz CT molecular complexity index is 684. The van der Waals surface area contributed by atoms with Gasteiger partial charge in [0.2, 0.25) is 0 Å². The van der Waals surface area contributed by atoms with Crippen molar-refractivity contribution in [3.8, 4) is 0 Å². The van der Waals surface area contributed by atoms with Crippen molar-refractivity contribution in [3.63, 3.8) is 0 Å². The lowest BCUT2D eigenvalue weighted by molar-refractivity contribution is 0.0688. The molecule has 1 aliphatic rings. The molecule has 0 aromatic carbocycles. The minimum Gasteiger partial charge on any atom is -0.476 e. The van der Waals surface area contributed by atoms with Crippen molar-refractivity contribution < 1.29 is 14.6 Å². The number of aromatic nitrogens is 4. The molecule has 100 valence electrons. The monoisotopic (exact) mass is 264 g/mol. The predicted molar refractivity (Wildman–Crippen MR) is 64.2 cm³/mol. The second-order valence-corrected chi connectivity index (χ2v) is 4.37. The van der Waals surface area contributed by atoms with Crippen LogP contribution in [0.5, 0.6) is 0 Å². The number of fused-ring (bicyclic) bond motifs is 1. The van der Waals surface area contributed by atoms with Crippen LogP contribution in [0.25, 0.3) is 11.2 Å². The molecule has 0 atom stereocenters. The third-order valence-corrected chi connectivity index (χ3v) is 3.26. The second kappa shape index (κ2) is 4.47. The average Bonchev–Trinajstić information content (AvgIpc) is 2.75. The van der Waals surface area contributed by atoms with Gasteiger partial charge in [-0.05, 0) is 12.8 Å². The van der Waals surface area contributed by atoms with Crippen LogP contribution in [0.1, 0.15) is 29.4 Å². The van der Waals surface area contributed by atoms with Crippen molar-refractivity contribution in [3.05, 3.63) is 22.5 Å². The quantitative estimate of drug-likeness (QED) is 0.800. The van der Waals surface area contributed by atoms with Gasteiger partial charge in [0.05, 0.1) is 0 Å². The molecular formula is C11H12N4O4. The number of H-pyrrole nitrogens is 1. The number of aromatic carboxylic acids is 1. The summed E-state index contributed by atoms with van der Waals surface area (Å²) in [6, 6.07) is -0.0217. The summed E-state index contributed by atoms with van der Waals surface area (Å²) < 4.78 is 6.77. The largest absolute Gasteiger partial charge is 0.476 e. The van der Waals surface area contributed by atoms with Crippen LogP contribution in [0.3, 0.4) is 0 Å². The van der Waals surface area contributed by atoms with E-state index in [4.69, 9.17) is 9.84 Å². The number of hydrogen-bond acceptors (Lipinski definition) is 5. The van der Waals surface area contributed by atoms with E-state index in [0.29, 0.717) is 31.7 Å². The van der Waals surface area contributed by atoms with Crippen molar-refractivity contribution in [1.82, 2.24) is 19.5 Å². The minimum atomic E-state index is -1.19. The number of nitrogens with zero attached hydrogens (tertiary/aromatic N) is 3. The summed E-state index contributed by atoms with van der Waals surface area (Å²) in [5, 5.41) is 9.05. The molecule has 0 unspecified atom stereocenters. The van der Waals surface area contributed by atoms with E-state index in [2.05, 4.69) is 15.0 Å². The molecule has 1 saturated heterocycles. The van der Waals surface area contributed by atoms with E-state index in [1.807, 2.05) is 0 Å². The van der Waals surface area contributed by atoms with Gasteiger partial charge >= 0.3 is 11.7 Å². The van der Waals surface area contributed by atoms with Crippen LogP contribution in [0, 0.1) is 0 Å². The highest BCUT2D eigenvalue weighted by atomic mass is 16.5. The highest BCUT2D eigenvalue weighted by Gasteiger charge is 2.23. The van der Waals surface area contributed by atoms with Crippen molar-refractivity contribution in [2.24, 2.45) is 0 Å². The molecule has 1 aliphatic heterocycles. The number of rotatable bonds is 2. The van der Waals surface area contributed by atoms with Gasteiger partial charge < -0.3 is 14.8 Å². The summed E-state index contributed by atoms with van der Waals surface area (Å²) in [6.45, 7) is 1.17. The van der Waals surface area contributed by atoms with Gasteiger partial charge in [0.15, 0.2) is 11.3 Å². The zero-order chi connectivity index (χ0) is 13.4. The zero-order valence-corrected chi connectivity index (χ0v) is 10.00. The molecule has 0 saturated carbocycles. The van der Waals surface area contributed by atoms with Crippen molar-refractivity contribution >= 4 is 17.1 Å². The van der Waals surface area contributed by atoms with Crippen LogP contribution in [-0.4, -0.2) is 43.8 Å². The highest BCUT2D eigenvalue weighted by molar-refractivity contribution is 5.97. The van der Waals surface area contributed by atoms with Gasteiger partial charge in [0.25, 0.3) is 0 Å². The maximum absolute atomic E-state index is 12.0. The Morgan fingerprint density at radius 3 is 2.84 bits per heavy atom. The molecule has 19 heavy (non-hydrogen) atoms. The molecule has 3 heterocycles. The summed E-state index contributed by atoms with van der Waals surface area (Å²) in [5.41, 5.74) is -0.0337. The number of nitrogens with one attached hydrogen (secondary N) is 1. The van der Waals surface area contributed by atoms with Gasteiger partial charge in [-0.1, -0.05) is 0 Å². The lowest BCUT2D eigenvalue weighted by atomic mass is 10.1. The molecule has 0 bridgehead atoms. The number of carboxylic acid groups (broad SMARTS) is 1. The maximum Gasteiger partial charge on any atom is 0.356 e. The minimum absolute atomic E-state index is 0.0217. The summed E-state index contributed by atoms with van der Waals surface area (Å²) in [7, 11) is 0. The van der Waals surface area contributed by atoms with E-state index in [-0.39, 0.29) is 22.9 Å². The van der Waals surface area contributed by atoms with Gasteiger partial charge in [0.1, 0.15) is 11.8 Å². The van der Waals surface area contributed by atoms with Crippen molar-refractivity contribution in [1.29, 1.82) is 0 Å². The SMILES string of the molecule is O=C(O)c1ncnc2c1[nH]c(=O)n2C1CCOCC1. The molecule has 2 aromatic heterocycles. The lowest BCUT2D eigenvalue weighted by Crippen LogP contribution is -2.27. The first-order valence-electron chi connectivity index (χ1n) is 5.94. The van der Waals surface area contributed by atoms with Gasteiger partial charge in [-0.15, -0.1) is 0 Å². The molecule has 0 aliphatic carbocycles. The van der Waals surface area contributed by atoms with E-state index in [1.54, 1.807) is 0 Å². The summed E-state index contributed by atoms with van der Waals surface area (Å²) >= 11 is 0. The first kappa shape index (κ1) is 11.8. The number of aromatic amines is 1. The van der Waals surface area contributed by atoms with E-state index < -0.39 is 5.97 Å². The van der Waals surface area contributed by atoms with Crippen LogP contribution in [-0.2, 0) is 4.74 Å².